The summed E-state index contributed by atoms with van der Waals surface area (Å²) >= 11 is 0. The Morgan fingerprint density at radius 3 is 2.73 bits per heavy atom. The molecule has 1 N–H and O–H groups in total. The van der Waals surface area contributed by atoms with Crippen molar-refractivity contribution in [2.45, 2.75) is 25.5 Å². The highest BCUT2D eigenvalue weighted by molar-refractivity contribution is 5.96. The molecule has 0 saturated carbocycles. The number of amides is 1. The minimum Gasteiger partial charge on any atom is -0.497 e. The Balaban J connectivity index is 1.37. The number of benzene rings is 3. The zero-order valence-corrected chi connectivity index (χ0v) is 17.1. The number of fused-ring (bicyclic) bond motifs is 1. The molecule has 6 heteroatoms. The van der Waals surface area contributed by atoms with Crippen LogP contribution in [0.3, 0.4) is 0 Å². The van der Waals surface area contributed by atoms with Gasteiger partial charge in [-0.25, -0.2) is 0 Å². The van der Waals surface area contributed by atoms with Gasteiger partial charge < -0.3 is 19.6 Å². The highest BCUT2D eigenvalue weighted by Crippen LogP contribution is 2.25. The Morgan fingerprint density at radius 2 is 1.90 bits per heavy atom. The van der Waals surface area contributed by atoms with Crippen LogP contribution in [0.25, 0.3) is 10.8 Å². The van der Waals surface area contributed by atoms with Crippen LogP contribution >= 0.6 is 0 Å². The summed E-state index contributed by atoms with van der Waals surface area (Å²) in [7, 11) is 3.20. The van der Waals surface area contributed by atoms with E-state index >= 15 is 0 Å². The van der Waals surface area contributed by atoms with Crippen molar-refractivity contribution < 1.29 is 19.1 Å². The second kappa shape index (κ2) is 8.86. The smallest absolute Gasteiger partial charge is 0.264 e. The first kappa shape index (κ1) is 19.8. The average molecular weight is 404 g/mol. The Morgan fingerprint density at radius 1 is 1.07 bits per heavy atom. The normalized spacial score (nSPS) is 15.4. The first-order chi connectivity index (χ1) is 14.7. The number of hydrogen-bond donors (Lipinski definition) is 1. The second-order valence-corrected chi connectivity index (χ2v) is 7.17. The van der Waals surface area contributed by atoms with E-state index in [4.69, 9.17) is 14.3 Å². The summed E-state index contributed by atoms with van der Waals surface area (Å²) in [4.78, 5) is 18.0. The molecule has 1 heterocycles. The Bertz CT molecular complexity index is 1090. The number of rotatable bonds is 7. The lowest BCUT2D eigenvalue weighted by Gasteiger charge is -2.13. The maximum absolute atomic E-state index is 12.6. The van der Waals surface area contributed by atoms with Crippen molar-refractivity contribution >= 4 is 22.4 Å². The number of ether oxygens (including phenoxy) is 2. The van der Waals surface area contributed by atoms with Crippen molar-refractivity contribution in [2.24, 2.45) is 5.16 Å². The van der Waals surface area contributed by atoms with Crippen LogP contribution in [0, 0.1) is 0 Å². The molecule has 3 aromatic carbocycles. The molecule has 0 aromatic heterocycles. The number of nitrogens with zero attached hydrogens (tertiary/aromatic N) is 1. The summed E-state index contributed by atoms with van der Waals surface area (Å²) in [6, 6.07) is 20.0. The largest absolute Gasteiger partial charge is 0.497 e. The number of carbonyl (C=O) groups is 1. The first-order valence-electron chi connectivity index (χ1n) is 9.84. The van der Waals surface area contributed by atoms with Crippen LogP contribution in [0.1, 0.15) is 17.5 Å². The number of hydrogen-bond acceptors (Lipinski definition) is 5. The second-order valence-electron chi connectivity index (χ2n) is 7.17. The van der Waals surface area contributed by atoms with E-state index in [1.54, 1.807) is 14.2 Å². The van der Waals surface area contributed by atoms with Gasteiger partial charge in [0.2, 0.25) is 6.10 Å². The third kappa shape index (κ3) is 4.22. The monoisotopic (exact) mass is 404 g/mol. The number of nitrogens with one attached hydrogen (secondary N) is 1. The molecule has 3 aromatic rings. The van der Waals surface area contributed by atoms with Gasteiger partial charge in [0, 0.05) is 24.9 Å². The minimum absolute atomic E-state index is 0.198. The fourth-order valence-electron chi connectivity index (χ4n) is 3.65. The van der Waals surface area contributed by atoms with Gasteiger partial charge >= 0.3 is 0 Å². The average Bonchev–Trinajstić information content (AvgIpc) is 3.26. The lowest BCUT2D eigenvalue weighted by molar-refractivity contribution is -0.131. The molecule has 4 rings (SSSR count). The van der Waals surface area contributed by atoms with Gasteiger partial charge in [-0.2, -0.15) is 0 Å². The van der Waals surface area contributed by atoms with Gasteiger partial charge in [0.1, 0.15) is 11.5 Å². The van der Waals surface area contributed by atoms with E-state index in [2.05, 4.69) is 34.7 Å². The van der Waals surface area contributed by atoms with E-state index in [1.807, 2.05) is 36.4 Å². The van der Waals surface area contributed by atoms with Crippen LogP contribution in [0.2, 0.25) is 0 Å². The van der Waals surface area contributed by atoms with Crippen LogP contribution in [0.4, 0.5) is 0 Å². The molecule has 30 heavy (non-hydrogen) atoms. The predicted molar refractivity (Wildman–Crippen MR) is 116 cm³/mol. The van der Waals surface area contributed by atoms with Crippen LogP contribution in [-0.2, 0) is 22.6 Å². The van der Waals surface area contributed by atoms with E-state index in [9.17, 15) is 4.79 Å². The zero-order chi connectivity index (χ0) is 20.9. The van der Waals surface area contributed by atoms with Crippen molar-refractivity contribution in [1.29, 1.82) is 0 Å². The molecular weight excluding hydrogens is 380 g/mol. The highest BCUT2D eigenvalue weighted by Gasteiger charge is 2.28. The molecule has 1 unspecified atom stereocenters. The molecular formula is C24H24N2O4. The Kier molecular flexibility index (Phi) is 5.84. The Hall–Kier alpha value is -3.54. The standard InChI is InChI=1S/C24H24N2O4/c1-28-20-10-11-22(29-2)18(13-20)15-25-24(27)23-14-19(26-30-23)12-17-8-5-7-16-6-3-4-9-21(16)17/h3-11,13,23H,12,14-15H2,1-2H3,(H,25,27). The van der Waals surface area contributed by atoms with Crippen LogP contribution in [-0.4, -0.2) is 31.9 Å². The SMILES string of the molecule is COc1ccc(OC)c(CNC(=O)C2CC(Cc3cccc4ccccc34)=NO2)c1. The molecule has 1 aliphatic rings. The van der Waals surface area contributed by atoms with Crippen LogP contribution in [0.5, 0.6) is 11.5 Å². The molecule has 0 aliphatic carbocycles. The third-order valence-electron chi connectivity index (χ3n) is 5.24. The summed E-state index contributed by atoms with van der Waals surface area (Å²) in [5.41, 5.74) is 2.88. The molecule has 0 radical (unpaired) electrons. The molecule has 0 bridgehead atoms. The van der Waals surface area contributed by atoms with Gasteiger partial charge in [-0.05, 0) is 34.5 Å². The van der Waals surface area contributed by atoms with E-state index in [-0.39, 0.29) is 5.91 Å². The first-order valence-corrected chi connectivity index (χ1v) is 9.84. The summed E-state index contributed by atoms with van der Waals surface area (Å²) < 4.78 is 10.6. The molecule has 1 atom stereocenters. The van der Waals surface area contributed by atoms with Gasteiger partial charge in [0.15, 0.2) is 0 Å². The van der Waals surface area contributed by atoms with Crippen molar-refractivity contribution in [3.63, 3.8) is 0 Å². The number of oxime groups is 1. The lowest BCUT2D eigenvalue weighted by atomic mass is 9.98. The molecule has 1 aliphatic heterocycles. The van der Waals surface area contributed by atoms with Crippen molar-refractivity contribution in [3.05, 3.63) is 71.8 Å². The van der Waals surface area contributed by atoms with E-state index in [0.29, 0.717) is 30.9 Å². The summed E-state index contributed by atoms with van der Waals surface area (Å²) in [6.07, 6.45) is 0.519. The molecule has 0 fully saturated rings. The summed E-state index contributed by atoms with van der Waals surface area (Å²) in [5.74, 6) is 1.20. The van der Waals surface area contributed by atoms with Crippen LogP contribution in [0.15, 0.2) is 65.8 Å². The van der Waals surface area contributed by atoms with Gasteiger partial charge in [-0.3, -0.25) is 4.79 Å². The molecule has 0 spiro atoms. The van der Waals surface area contributed by atoms with Gasteiger partial charge in [0.25, 0.3) is 5.91 Å². The maximum atomic E-state index is 12.6. The molecule has 0 saturated heterocycles. The van der Waals surface area contributed by atoms with Gasteiger partial charge in [-0.1, -0.05) is 47.6 Å². The van der Waals surface area contributed by atoms with Crippen molar-refractivity contribution in [3.8, 4) is 11.5 Å². The quantitative estimate of drug-likeness (QED) is 0.649. The molecule has 6 nitrogen and oxygen atoms in total. The fraction of sp³-hybridized carbons (Fsp3) is 0.250. The van der Waals surface area contributed by atoms with E-state index < -0.39 is 6.10 Å². The summed E-state index contributed by atoms with van der Waals surface area (Å²) in [5, 5.41) is 9.46. The van der Waals surface area contributed by atoms with E-state index in [0.717, 1.165) is 11.3 Å². The number of methoxy groups -OCH3 is 2. The van der Waals surface area contributed by atoms with Crippen molar-refractivity contribution in [1.82, 2.24) is 5.32 Å². The molecule has 1 amide bonds. The third-order valence-corrected chi connectivity index (χ3v) is 5.24. The lowest BCUT2D eigenvalue weighted by Crippen LogP contribution is -2.34. The fourth-order valence-corrected chi connectivity index (χ4v) is 3.65. The zero-order valence-electron chi connectivity index (χ0n) is 17.1. The predicted octanol–water partition coefficient (Wildman–Crippen LogP) is 3.86. The van der Waals surface area contributed by atoms with Gasteiger partial charge in [0.05, 0.1) is 19.9 Å². The maximum Gasteiger partial charge on any atom is 0.264 e. The number of carbonyl (C=O) groups excluding carboxylic acids is 1. The topological polar surface area (TPSA) is 69.2 Å². The van der Waals surface area contributed by atoms with E-state index in [1.165, 1.54) is 16.3 Å². The molecule has 154 valence electrons. The van der Waals surface area contributed by atoms with Crippen molar-refractivity contribution in [2.75, 3.05) is 14.2 Å². The van der Waals surface area contributed by atoms with Crippen LogP contribution < -0.4 is 14.8 Å². The Labute approximate surface area is 175 Å². The highest BCUT2D eigenvalue weighted by atomic mass is 16.6. The minimum atomic E-state index is -0.619. The summed E-state index contributed by atoms with van der Waals surface area (Å²) in [6.45, 7) is 0.317. The van der Waals surface area contributed by atoms with Gasteiger partial charge in [-0.15, -0.1) is 0 Å².